The highest BCUT2D eigenvalue weighted by atomic mass is 16.4. The number of hydrogen-bond donors (Lipinski definition) is 0. The van der Waals surface area contributed by atoms with Gasteiger partial charge in [-0.1, -0.05) is 0 Å². The molecule has 0 amide bonds. The highest BCUT2D eigenvalue weighted by Crippen LogP contribution is 2.10. The molecule has 0 atom stereocenters. The Labute approximate surface area is 74.6 Å². The van der Waals surface area contributed by atoms with Crippen LogP contribution in [-0.4, -0.2) is 25.0 Å². The minimum absolute atomic E-state index is 0.365. The Kier molecular flexibility index (Phi) is 1.80. The smallest absolute Gasteiger partial charge is 0.287 e. The van der Waals surface area contributed by atoms with E-state index in [2.05, 4.69) is 20.3 Å². The van der Waals surface area contributed by atoms with Gasteiger partial charge in [0.1, 0.15) is 6.33 Å². The minimum Gasteiger partial charge on any atom is -0.418 e. The van der Waals surface area contributed by atoms with E-state index < -0.39 is 0 Å². The van der Waals surface area contributed by atoms with Gasteiger partial charge in [-0.15, -0.1) is 15.3 Å². The van der Waals surface area contributed by atoms with Crippen LogP contribution in [-0.2, 0) is 6.54 Å². The molecule has 0 aliphatic rings. The molecule has 2 heterocycles. The second kappa shape index (κ2) is 2.96. The topological polar surface area (TPSA) is 69.6 Å². The molecule has 0 spiro atoms. The molecule has 0 aliphatic heterocycles. The molecule has 2 aromatic rings. The van der Waals surface area contributed by atoms with Crippen LogP contribution < -0.4 is 0 Å². The van der Waals surface area contributed by atoms with Gasteiger partial charge >= 0.3 is 0 Å². The third kappa shape index (κ3) is 1.42. The van der Waals surface area contributed by atoms with Gasteiger partial charge in [-0.2, -0.15) is 0 Å². The molecule has 13 heavy (non-hydrogen) atoms. The minimum atomic E-state index is 0.365. The average molecular weight is 179 g/mol. The first-order valence-corrected chi connectivity index (χ1v) is 3.99. The molecule has 2 aromatic heterocycles. The summed E-state index contributed by atoms with van der Waals surface area (Å²) in [5.41, 5.74) is 0. The van der Waals surface area contributed by atoms with E-state index in [1.54, 1.807) is 17.9 Å². The van der Waals surface area contributed by atoms with Crippen LogP contribution in [0.25, 0.3) is 11.7 Å². The third-order valence-electron chi connectivity index (χ3n) is 1.58. The van der Waals surface area contributed by atoms with Crippen LogP contribution >= 0.6 is 0 Å². The summed E-state index contributed by atoms with van der Waals surface area (Å²) in [6.07, 6.45) is 1.63. The van der Waals surface area contributed by atoms with Crippen LogP contribution in [0.1, 0.15) is 12.8 Å². The molecule has 0 saturated heterocycles. The van der Waals surface area contributed by atoms with Gasteiger partial charge in [0, 0.05) is 13.5 Å². The molecule has 0 saturated carbocycles. The van der Waals surface area contributed by atoms with Crippen molar-refractivity contribution in [1.29, 1.82) is 0 Å². The summed E-state index contributed by atoms with van der Waals surface area (Å²) in [5, 5.41) is 11.6. The molecule has 0 fully saturated rings. The van der Waals surface area contributed by atoms with E-state index in [1.165, 1.54) is 0 Å². The van der Waals surface area contributed by atoms with Crippen LogP contribution in [0.15, 0.2) is 10.7 Å². The SMILES string of the molecule is CCn1cnc(-c2nnc(C)o2)n1. The summed E-state index contributed by atoms with van der Waals surface area (Å²) in [4.78, 5) is 4.03. The van der Waals surface area contributed by atoms with E-state index in [-0.39, 0.29) is 0 Å². The fourth-order valence-corrected chi connectivity index (χ4v) is 0.932. The van der Waals surface area contributed by atoms with Gasteiger partial charge in [0.25, 0.3) is 5.89 Å². The zero-order valence-electron chi connectivity index (χ0n) is 7.43. The third-order valence-corrected chi connectivity index (χ3v) is 1.58. The highest BCUT2D eigenvalue weighted by Gasteiger charge is 2.10. The monoisotopic (exact) mass is 179 g/mol. The number of hydrogen-bond acceptors (Lipinski definition) is 5. The first kappa shape index (κ1) is 7.90. The van der Waals surface area contributed by atoms with Gasteiger partial charge in [0.15, 0.2) is 0 Å². The molecule has 0 aromatic carbocycles. The maximum absolute atomic E-state index is 5.17. The maximum Gasteiger partial charge on any atom is 0.287 e. The zero-order chi connectivity index (χ0) is 9.26. The summed E-state index contributed by atoms with van der Waals surface area (Å²) in [6.45, 7) is 4.49. The van der Waals surface area contributed by atoms with Crippen molar-refractivity contribution >= 4 is 0 Å². The van der Waals surface area contributed by atoms with Crippen molar-refractivity contribution in [3.63, 3.8) is 0 Å². The van der Waals surface area contributed by atoms with Crippen molar-refractivity contribution < 1.29 is 4.42 Å². The van der Waals surface area contributed by atoms with Gasteiger partial charge in [-0.3, -0.25) is 4.68 Å². The summed E-state index contributed by atoms with van der Waals surface area (Å²) in [5.74, 6) is 1.36. The Morgan fingerprint density at radius 2 is 2.31 bits per heavy atom. The predicted octanol–water partition coefficient (Wildman–Crippen LogP) is 0.656. The predicted molar refractivity (Wildman–Crippen MR) is 43.7 cm³/mol. The Balaban J connectivity index is 2.35. The standard InChI is InChI=1S/C7H9N5O/c1-3-12-4-8-6(11-12)7-10-9-5(2)13-7/h4H,3H2,1-2H3. The molecule has 0 bridgehead atoms. The van der Waals surface area contributed by atoms with Crippen molar-refractivity contribution in [1.82, 2.24) is 25.0 Å². The van der Waals surface area contributed by atoms with E-state index in [0.717, 1.165) is 6.54 Å². The number of aryl methyl sites for hydroxylation is 2. The first-order chi connectivity index (χ1) is 6.29. The second-order valence-corrected chi connectivity index (χ2v) is 2.55. The molecule has 0 aliphatic carbocycles. The van der Waals surface area contributed by atoms with Gasteiger partial charge in [0.05, 0.1) is 0 Å². The summed E-state index contributed by atoms with van der Waals surface area (Å²) >= 11 is 0. The normalized spacial score (nSPS) is 10.6. The zero-order valence-corrected chi connectivity index (χ0v) is 7.43. The van der Waals surface area contributed by atoms with Gasteiger partial charge < -0.3 is 4.42 Å². The molecule has 0 N–H and O–H groups in total. The molecule has 0 radical (unpaired) electrons. The molecule has 6 heteroatoms. The summed E-state index contributed by atoms with van der Waals surface area (Å²) < 4.78 is 6.87. The van der Waals surface area contributed by atoms with Gasteiger partial charge in [0.2, 0.25) is 11.7 Å². The Morgan fingerprint density at radius 3 is 2.85 bits per heavy atom. The van der Waals surface area contributed by atoms with E-state index in [0.29, 0.717) is 17.6 Å². The van der Waals surface area contributed by atoms with Crippen LogP contribution in [0.3, 0.4) is 0 Å². The molecule has 68 valence electrons. The average Bonchev–Trinajstić information content (AvgIpc) is 2.71. The van der Waals surface area contributed by atoms with Crippen molar-refractivity contribution in [2.75, 3.05) is 0 Å². The van der Waals surface area contributed by atoms with E-state index in [4.69, 9.17) is 4.42 Å². The van der Waals surface area contributed by atoms with Crippen molar-refractivity contribution in [3.05, 3.63) is 12.2 Å². The lowest BCUT2D eigenvalue weighted by Crippen LogP contribution is -1.93. The van der Waals surface area contributed by atoms with Crippen LogP contribution in [0.2, 0.25) is 0 Å². The number of aromatic nitrogens is 5. The molecule has 0 unspecified atom stereocenters. The van der Waals surface area contributed by atoms with E-state index >= 15 is 0 Å². The summed E-state index contributed by atoms with van der Waals surface area (Å²) in [6, 6.07) is 0. The summed E-state index contributed by atoms with van der Waals surface area (Å²) in [7, 11) is 0. The van der Waals surface area contributed by atoms with Crippen LogP contribution in [0.4, 0.5) is 0 Å². The Morgan fingerprint density at radius 1 is 1.46 bits per heavy atom. The lowest BCUT2D eigenvalue weighted by Gasteiger charge is -1.88. The molecular weight excluding hydrogens is 170 g/mol. The fourth-order valence-electron chi connectivity index (χ4n) is 0.932. The van der Waals surface area contributed by atoms with E-state index in [9.17, 15) is 0 Å². The largest absolute Gasteiger partial charge is 0.418 e. The quantitative estimate of drug-likeness (QED) is 0.677. The maximum atomic E-state index is 5.17. The van der Waals surface area contributed by atoms with Crippen LogP contribution in [0.5, 0.6) is 0 Å². The van der Waals surface area contributed by atoms with Crippen LogP contribution in [0, 0.1) is 6.92 Å². The lowest BCUT2D eigenvalue weighted by atomic mass is 10.6. The van der Waals surface area contributed by atoms with Crippen molar-refractivity contribution in [2.45, 2.75) is 20.4 Å². The van der Waals surface area contributed by atoms with Gasteiger partial charge in [-0.05, 0) is 6.92 Å². The molecule has 2 rings (SSSR count). The highest BCUT2D eigenvalue weighted by molar-refractivity contribution is 5.36. The molecular formula is C7H9N5O. The van der Waals surface area contributed by atoms with Crippen molar-refractivity contribution in [3.8, 4) is 11.7 Å². The fraction of sp³-hybridized carbons (Fsp3) is 0.429. The Hall–Kier alpha value is -1.72. The van der Waals surface area contributed by atoms with E-state index in [1.807, 2.05) is 6.92 Å². The van der Waals surface area contributed by atoms with Gasteiger partial charge in [-0.25, -0.2) is 4.98 Å². The second-order valence-electron chi connectivity index (χ2n) is 2.55. The number of nitrogens with zero attached hydrogens (tertiary/aromatic N) is 5. The first-order valence-electron chi connectivity index (χ1n) is 3.99. The van der Waals surface area contributed by atoms with Crippen molar-refractivity contribution in [2.24, 2.45) is 0 Å². The molecule has 6 nitrogen and oxygen atoms in total. The lowest BCUT2D eigenvalue weighted by molar-refractivity contribution is 0.527. The number of rotatable bonds is 2. The Bertz CT molecular complexity index is 404.